The van der Waals surface area contributed by atoms with Crippen molar-refractivity contribution in [3.8, 4) is 0 Å². The van der Waals surface area contributed by atoms with Crippen LogP contribution in [0.25, 0.3) is 0 Å². The van der Waals surface area contributed by atoms with Gasteiger partial charge in [0, 0.05) is 12.5 Å². The van der Waals surface area contributed by atoms with Crippen molar-refractivity contribution in [1.29, 1.82) is 0 Å². The maximum atomic E-state index is 11.5. The summed E-state index contributed by atoms with van der Waals surface area (Å²) in [4.78, 5) is 11.5. The van der Waals surface area contributed by atoms with Crippen LogP contribution in [-0.4, -0.2) is 30.2 Å². The van der Waals surface area contributed by atoms with Crippen LogP contribution < -0.4 is 11.1 Å². The van der Waals surface area contributed by atoms with Crippen molar-refractivity contribution in [3.63, 3.8) is 0 Å². The second-order valence-electron chi connectivity index (χ2n) is 4.59. The molecule has 0 heterocycles. The van der Waals surface area contributed by atoms with Crippen LogP contribution in [0.2, 0.25) is 0 Å². The number of nitrogens with one attached hydrogen (secondary N) is 1. The fourth-order valence-corrected chi connectivity index (χ4v) is 1.57. The Morgan fingerprint density at radius 3 is 2.40 bits per heavy atom. The van der Waals surface area contributed by atoms with E-state index in [1.807, 2.05) is 0 Å². The van der Waals surface area contributed by atoms with E-state index in [2.05, 4.69) is 19.2 Å². The monoisotopic (exact) mass is 216 g/mol. The molecule has 0 fully saturated rings. The lowest BCUT2D eigenvalue weighted by Crippen LogP contribution is -2.37. The summed E-state index contributed by atoms with van der Waals surface area (Å²) in [5.74, 6) is 0.783. The molecule has 0 aliphatic rings. The minimum Gasteiger partial charge on any atom is -0.394 e. The second-order valence-corrected chi connectivity index (χ2v) is 4.59. The van der Waals surface area contributed by atoms with Crippen LogP contribution in [0.1, 0.15) is 33.6 Å². The number of hydrogen-bond donors (Lipinski definition) is 3. The molecule has 0 radical (unpaired) electrons. The van der Waals surface area contributed by atoms with Crippen LogP contribution in [0.3, 0.4) is 0 Å². The third kappa shape index (κ3) is 7.33. The molecule has 0 aliphatic heterocycles. The van der Waals surface area contributed by atoms with Gasteiger partial charge in [-0.1, -0.05) is 13.8 Å². The van der Waals surface area contributed by atoms with Crippen molar-refractivity contribution in [2.45, 2.75) is 39.7 Å². The zero-order valence-corrected chi connectivity index (χ0v) is 9.99. The molecule has 0 aromatic heterocycles. The molecule has 1 unspecified atom stereocenters. The van der Waals surface area contributed by atoms with Gasteiger partial charge in [-0.25, -0.2) is 0 Å². The Labute approximate surface area is 92.2 Å². The molecule has 0 aromatic rings. The lowest BCUT2D eigenvalue weighted by atomic mass is 9.94. The van der Waals surface area contributed by atoms with Crippen molar-refractivity contribution in [2.75, 3.05) is 13.2 Å². The van der Waals surface area contributed by atoms with Crippen molar-refractivity contribution in [2.24, 2.45) is 17.6 Å². The number of aliphatic hydroxyl groups excluding tert-OH is 1. The predicted molar refractivity (Wildman–Crippen MR) is 61.3 cm³/mol. The van der Waals surface area contributed by atoms with E-state index in [0.29, 0.717) is 18.9 Å². The Balaban J connectivity index is 3.90. The van der Waals surface area contributed by atoms with E-state index < -0.39 is 0 Å². The Morgan fingerprint density at radius 2 is 2.00 bits per heavy atom. The van der Waals surface area contributed by atoms with Crippen molar-refractivity contribution in [1.82, 2.24) is 5.32 Å². The van der Waals surface area contributed by atoms with Gasteiger partial charge >= 0.3 is 0 Å². The topological polar surface area (TPSA) is 75.4 Å². The van der Waals surface area contributed by atoms with E-state index in [9.17, 15) is 4.79 Å². The molecule has 1 amide bonds. The van der Waals surface area contributed by atoms with Gasteiger partial charge in [0.05, 0.1) is 6.61 Å². The summed E-state index contributed by atoms with van der Waals surface area (Å²) in [5, 5.41) is 11.5. The summed E-state index contributed by atoms with van der Waals surface area (Å²) in [6.45, 7) is 6.54. The molecule has 0 bridgehead atoms. The minimum atomic E-state index is -0.171. The number of rotatable bonds is 7. The lowest BCUT2D eigenvalue weighted by molar-refractivity contribution is -0.122. The van der Waals surface area contributed by atoms with Crippen molar-refractivity contribution >= 4 is 5.91 Å². The third-order valence-electron chi connectivity index (χ3n) is 2.29. The van der Waals surface area contributed by atoms with Crippen LogP contribution in [-0.2, 0) is 4.79 Å². The molecule has 0 saturated carbocycles. The normalized spacial score (nSPS) is 15.1. The Morgan fingerprint density at radius 1 is 1.40 bits per heavy atom. The Hall–Kier alpha value is -0.610. The zero-order chi connectivity index (χ0) is 11.8. The molecule has 4 heteroatoms. The van der Waals surface area contributed by atoms with Crippen LogP contribution in [0.4, 0.5) is 0 Å². The molecule has 0 aromatic carbocycles. The van der Waals surface area contributed by atoms with E-state index in [1.165, 1.54) is 0 Å². The molecule has 15 heavy (non-hydrogen) atoms. The molecule has 4 N–H and O–H groups in total. The average Bonchev–Trinajstić information content (AvgIpc) is 2.15. The van der Waals surface area contributed by atoms with E-state index >= 15 is 0 Å². The van der Waals surface area contributed by atoms with Crippen molar-refractivity contribution < 1.29 is 9.90 Å². The third-order valence-corrected chi connectivity index (χ3v) is 2.29. The smallest absolute Gasteiger partial charge is 0.220 e. The van der Waals surface area contributed by atoms with Gasteiger partial charge in [-0.15, -0.1) is 0 Å². The van der Waals surface area contributed by atoms with E-state index in [-0.39, 0.29) is 24.5 Å². The fraction of sp³-hybridized carbons (Fsp3) is 0.909. The van der Waals surface area contributed by atoms with Gasteiger partial charge in [-0.05, 0) is 31.7 Å². The molecule has 4 nitrogen and oxygen atoms in total. The number of carbonyl (C=O) groups excluding carboxylic acids is 1. The highest BCUT2D eigenvalue weighted by atomic mass is 16.3. The maximum absolute atomic E-state index is 11.5. The largest absolute Gasteiger partial charge is 0.394 e. The summed E-state index contributed by atoms with van der Waals surface area (Å²) >= 11 is 0. The first-order valence-corrected chi connectivity index (χ1v) is 5.59. The SMILES string of the molecule is CC(C)CC(CN)CC(=O)N[C@H](C)CO. The highest BCUT2D eigenvalue weighted by molar-refractivity contribution is 5.76. The number of nitrogens with two attached hydrogens (primary N) is 1. The predicted octanol–water partition coefficient (Wildman–Crippen LogP) is 0.495. The second kappa shape index (κ2) is 7.65. The van der Waals surface area contributed by atoms with Crippen LogP contribution in [0.5, 0.6) is 0 Å². The van der Waals surface area contributed by atoms with Crippen LogP contribution in [0.15, 0.2) is 0 Å². The molecular weight excluding hydrogens is 192 g/mol. The quantitative estimate of drug-likeness (QED) is 0.580. The van der Waals surface area contributed by atoms with Gasteiger partial charge in [0.1, 0.15) is 0 Å². The molecule has 0 saturated heterocycles. The van der Waals surface area contributed by atoms with Gasteiger partial charge in [-0.2, -0.15) is 0 Å². The minimum absolute atomic E-state index is 0.0207. The van der Waals surface area contributed by atoms with Gasteiger partial charge < -0.3 is 16.2 Å². The average molecular weight is 216 g/mol. The number of aliphatic hydroxyl groups is 1. The first-order chi connectivity index (χ1) is 6.99. The first kappa shape index (κ1) is 14.4. The summed E-state index contributed by atoms with van der Waals surface area (Å²) in [6.07, 6.45) is 1.43. The summed E-state index contributed by atoms with van der Waals surface area (Å²) in [5.41, 5.74) is 5.60. The van der Waals surface area contributed by atoms with Crippen molar-refractivity contribution in [3.05, 3.63) is 0 Å². The molecule has 0 rings (SSSR count). The van der Waals surface area contributed by atoms with Gasteiger partial charge in [-0.3, -0.25) is 4.79 Å². The van der Waals surface area contributed by atoms with Crippen LogP contribution >= 0.6 is 0 Å². The molecular formula is C11H24N2O2. The highest BCUT2D eigenvalue weighted by Gasteiger charge is 2.15. The van der Waals surface area contributed by atoms with E-state index in [4.69, 9.17) is 10.8 Å². The number of carbonyl (C=O) groups is 1. The Kier molecular flexibility index (Phi) is 7.34. The summed E-state index contributed by atoms with van der Waals surface area (Å²) in [6, 6.07) is -0.171. The Bertz CT molecular complexity index is 183. The molecule has 0 aliphatic carbocycles. The summed E-state index contributed by atoms with van der Waals surface area (Å²) in [7, 11) is 0. The molecule has 2 atom stereocenters. The number of hydrogen-bond acceptors (Lipinski definition) is 3. The van der Waals surface area contributed by atoms with E-state index in [1.54, 1.807) is 6.92 Å². The maximum Gasteiger partial charge on any atom is 0.220 e. The lowest BCUT2D eigenvalue weighted by Gasteiger charge is -2.18. The molecule has 0 spiro atoms. The zero-order valence-electron chi connectivity index (χ0n) is 9.99. The molecule has 90 valence electrons. The standard InChI is InChI=1S/C11H24N2O2/c1-8(2)4-10(6-12)5-11(15)13-9(3)7-14/h8-10,14H,4-7,12H2,1-3H3,(H,13,15)/t9-,10?/m1/s1. The van der Waals surface area contributed by atoms with Gasteiger partial charge in [0.2, 0.25) is 5.91 Å². The highest BCUT2D eigenvalue weighted by Crippen LogP contribution is 2.13. The summed E-state index contributed by atoms with van der Waals surface area (Å²) < 4.78 is 0. The first-order valence-electron chi connectivity index (χ1n) is 5.59. The van der Waals surface area contributed by atoms with Gasteiger partial charge in [0.15, 0.2) is 0 Å². The van der Waals surface area contributed by atoms with Crippen LogP contribution in [0, 0.1) is 11.8 Å². The fourth-order valence-electron chi connectivity index (χ4n) is 1.57. The van der Waals surface area contributed by atoms with Gasteiger partial charge in [0.25, 0.3) is 0 Å². The number of amides is 1. The van der Waals surface area contributed by atoms with E-state index in [0.717, 1.165) is 6.42 Å².